The fraction of sp³-hybridized carbons (Fsp3) is 0.538. The van der Waals surface area contributed by atoms with Crippen LogP contribution in [0.3, 0.4) is 0 Å². The molecule has 0 bridgehead atoms. The predicted molar refractivity (Wildman–Crippen MR) is 73.8 cm³/mol. The van der Waals surface area contributed by atoms with Crippen LogP contribution in [-0.4, -0.2) is 31.6 Å². The average Bonchev–Trinajstić information content (AvgIpc) is 2.45. The largest absolute Gasteiger partial charge is 0.377 e. The molecular weight excluding hydrogens is 372 g/mol. The predicted octanol–water partition coefficient (Wildman–Crippen LogP) is 5.27. The van der Waals surface area contributed by atoms with Crippen molar-refractivity contribution in [3.8, 4) is 0 Å². The Balaban J connectivity index is 2.94. The Kier molecular flexibility index (Phi) is 5.78. The van der Waals surface area contributed by atoms with Crippen molar-refractivity contribution in [3.63, 3.8) is 0 Å². The van der Waals surface area contributed by atoms with Crippen molar-refractivity contribution < 1.29 is 35.1 Å². The van der Waals surface area contributed by atoms with Crippen molar-refractivity contribution in [3.05, 3.63) is 30.3 Å². The van der Waals surface area contributed by atoms with E-state index in [2.05, 4.69) is 0 Å². The molecule has 132 valence electrons. The smallest absolute Gasteiger partial charge is 0.203 e. The lowest BCUT2D eigenvalue weighted by Gasteiger charge is -2.33. The van der Waals surface area contributed by atoms with Gasteiger partial charge in [0, 0.05) is 6.42 Å². The molecule has 0 spiro atoms. The van der Waals surface area contributed by atoms with Crippen LogP contribution in [-0.2, 0) is 0 Å². The Labute approximate surface area is 133 Å². The molecule has 0 amide bonds. The second-order valence-corrected chi connectivity index (χ2v) is 11.2. The number of halogens is 9. The minimum Gasteiger partial charge on any atom is -0.203 e. The lowest BCUT2D eigenvalue weighted by molar-refractivity contribution is -0.338. The minimum atomic E-state index is -6.17. The Morgan fingerprint density at radius 2 is 1.48 bits per heavy atom. The summed E-state index contributed by atoms with van der Waals surface area (Å²) in [7, 11) is -3.13. The van der Waals surface area contributed by atoms with Gasteiger partial charge in [-0.2, -0.15) is 37.4 Å². The lowest BCUT2D eigenvalue weighted by Crippen LogP contribution is -2.58. The first-order chi connectivity index (χ1) is 10.3. The molecule has 0 aliphatic carbocycles. The number of rotatable bonds is 7. The molecule has 1 rings (SSSR count). The summed E-state index contributed by atoms with van der Waals surface area (Å²) in [6.07, 6.45) is -6.62. The van der Waals surface area contributed by atoms with E-state index >= 15 is 0 Å². The first-order valence-corrected chi connectivity index (χ1v) is 10.1. The number of alkyl halides is 8. The van der Waals surface area contributed by atoms with E-state index in [1.165, 1.54) is 18.7 Å². The van der Waals surface area contributed by atoms with Crippen molar-refractivity contribution in [1.29, 1.82) is 0 Å². The van der Waals surface area contributed by atoms with Gasteiger partial charge in [-0.1, -0.05) is 36.9 Å². The third kappa shape index (κ3) is 3.99. The molecule has 0 aromatic heterocycles. The van der Waals surface area contributed by atoms with Crippen LogP contribution in [0.1, 0.15) is 6.42 Å². The molecule has 0 fully saturated rings. The Morgan fingerprint density at radius 1 is 1.00 bits per heavy atom. The van der Waals surface area contributed by atoms with Crippen molar-refractivity contribution >= 4 is 23.6 Å². The van der Waals surface area contributed by atoms with Gasteiger partial charge in [0.1, 0.15) is 0 Å². The molecule has 0 heterocycles. The van der Waals surface area contributed by atoms with E-state index in [4.69, 9.17) is 11.1 Å². The molecule has 0 aliphatic heterocycles. The molecule has 0 nitrogen and oxygen atoms in total. The molecule has 1 unspecified atom stereocenters. The van der Waals surface area contributed by atoms with Gasteiger partial charge in [0.25, 0.3) is 0 Å². The van der Waals surface area contributed by atoms with Crippen molar-refractivity contribution in [2.75, 3.05) is 0 Å². The molecule has 0 saturated carbocycles. The van der Waals surface area contributed by atoms with E-state index in [0.717, 1.165) is 0 Å². The summed E-state index contributed by atoms with van der Waals surface area (Å²) in [5.74, 6) is -17.6. The van der Waals surface area contributed by atoms with Gasteiger partial charge in [0.05, 0.1) is 0 Å². The van der Waals surface area contributed by atoms with Gasteiger partial charge >= 0.3 is 24.2 Å². The zero-order valence-corrected chi connectivity index (χ0v) is 13.5. The molecule has 1 aromatic rings. The molecule has 0 saturated heterocycles. The number of hydrogen-bond acceptors (Lipinski definition) is 0. The average molecular weight is 385 g/mol. The number of benzene rings is 1. The summed E-state index contributed by atoms with van der Waals surface area (Å²) in [6.45, 7) is 1.38. The zero-order valence-electron chi connectivity index (χ0n) is 11.8. The molecule has 1 aromatic carbocycles. The van der Waals surface area contributed by atoms with E-state index in [9.17, 15) is 35.1 Å². The SMILES string of the molecule is C[Si](Cl)(CCC(F)(F)C(F)(F)C(F)(F)C(F)F)c1ccccc1. The molecular formula is C13H13ClF8Si. The quantitative estimate of drug-likeness (QED) is 0.341. The highest BCUT2D eigenvalue weighted by molar-refractivity contribution is 7.26. The molecule has 1 atom stereocenters. The van der Waals surface area contributed by atoms with Crippen molar-refractivity contribution in [1.82, 2.24) is 0 Å². The lowest BCUT2D eigenvalue weighted by atomic mass is 10.0. The summed E-state index contributed by atoms with van der Waals surface area (Å²) >= 11 is 6.12. The topological polar surface area (TPSA) is 0 Å². The van der Waals surface area contributed by atoms with Gasteiger partial charge < -0.3 is 0 Å². The maximum Gasteiger partial charge on any atom is 0.377 e. The van der Waals surface area contributed by atoms with Crippen LogP contribution in [0.5, 0.6) is 0 Å². The standard InChI is InChI=1S/C13H13ClF8Si/c1-23(14,9-5-3-2-4-6-9)8-7-11(17,18)13(21,22)12(19,20)10(15)16/h2-6,10H,7-8H2,1H3. The maximum atomic E-state index is 13.5. The summed E-state index contributed by atoms with van der Waals surface area (Å²) in [4.78, 5) is 0. The summed E-state index contributed by atoms with van der Waals surface area (Å²) < 4.78 is 103. The van der Waals surface area contributed by atoms with Crippen LogP contribution in [0, 0.1) is 0 Å². The first-order valence-electron chi connectivity index (χ1n) is 6.42. The van der Waals surface area contributed by atoms with E-state index in [1.807, 2.05) is 0 Å². The van der Waals surface area contributed by atoms with Crippen molar-refractivity contribution in [2.45, 2.75) is 43.2 Å². The summed E-state index contributed by atoms with van der Waals surface area (Å²) in [5, 5.41) is 0.446. The van der Waals surface area contributed by atoms with Gasteiger partial charge in [-0.15, -0.1) is 0 Å². The van der Waals surface area contributed by atoms with E-state index in [1.54, 1.807) is 18.2 Å². The molecule has 0 aliphatic rings. The maximum absolute atomic E-state index is 13.5. The number of hydrogen-bond donors (Lipinski definition) is 0. The normalized spacial score (nSPS) is 16.5. The molecule has 0 N–H and O–H groups in total. The first kappa shape index (κ1) is 20.2. The van der Waals surface area contributed by atoms with Crippen molar-refractivity contribution in [2.24, 2.45) is 0 Å². The van der Waals surface area contributed by atoms with Crippen LogP contribution in [0.2, 0.25) is 12.6 Å². The highest BCUT2D eigenvalue weighted by Crippen LogP contribution is 2.50. The Bertz CT molecular complexity index is 518. The van der Waals surface area contributed by atoms with Gasteiger partial charge in [-0.3, -0.25) is 0 Å². The summed E-state index contributed by atoms with van der Waals surface area (Å²) in [5.41, 5.74) is 0. The van der Waals surface area contributed by atoms with Crippen LogP contribution >= 0.6 is 11.1 Å². The fourth-order valence-corrected chi connectivity index (χ4v) is 4.48. The third-order valence-electron chi connectivity index (χ3n) is 3.44. The second kappa shape index (κ2) is 6.58. The molecule has 23 heavy (non-hydrogen) atoms. The van der Waals surface area contributed by atoms with Gasteiger partial charge in [-0.25, -0.2) is 8.78 Å². The van der Waals surface area contributed by atoms with Crippen LogP contribution in [0.4, 0.5) is 35.1 Å². The fourth-order valence-electron chi connectivity index (χ4n) is 1.86. The second-order valence-electron chi connectivity index (χ2n) is 5.27. The van der Waals surface area contributed by atoms with E-state index < -0.39 is 44.0 Å². The molecule has 10 heteroatoms. The van der Waals surface area contributed by atoms with Crippen LogP contribution in [0.25, 0.3) is 0 Å². The van der Waals surface area contributed by atoms with E-state index in [-0.39, 0.29) is 0 Å². The minimum absolute atomic E-state index is 0.446. The van der Waals surface area contributed by atoms with Crippen LogP contribution < -0.4 is 5.19 Å². The summed E-state index contributed by atoms with van der Waals surface area (Å²) in [6, 6.07) is 7.06. The highest BCUT2D eigenvalue weighted by atomic mass is 35.6. The van der Waals surface area contributed by atoms with Gasteiger partial charge in [0.15, 0.2) is 7.38 Å². The van der Waals surface area contributed by atoms with Gasteiger partial charge in [-0.05, 0) is 11.2 Å². The third-order valence-corrected chi connectivity index (χ3v) is 7.38. The highest BCUT2D eigenvalue weighted by Gasteiger charge is 2.74. The zero-order chi connectivity index (χ0) is 18.1. The van der Waals surface area contributed by atoms with Gasteiger partial charge in [0.2, 0.25) is 0 Å². The molecule has 0 radical (unpaired) electrons. The van der Waals surface area contributed by atoms with Crippen LogP contribution in [0.15, 0.2) is 30.3 Å². The monoisotopic (exact) mass is 384 g/mol. The van der Waals surface area contributed by atoms with E-state index in [0.29, 0.717) is 5.19 Å². The Hall–Kier alpha value is -0.833. The Morgan fingerprint density at radius 3 is 1.91 bits per heavy atom.